The summed E-state index contributed by atoms with van der Waals surface area (Å²) in [5.74, 6) is 0.355. The molecule has 0 saturated carbocycles. The highest BCUT2D eigenvalue weighted by Crippen LogP contribution is 2.23. The molecule has 0 atom stereocenters. The Labute approximate surface area is 147 Å². The van der Waals surface area contributed by atoms with Gasteiger partial charge in [0, 0.05) is 25.3 Å². The average molecular weight is 345 g/mol. The topological polar surface area (TPSA) is 53.6 Å². The number of ether oxygens (including phenoxy) is 1. The van der Waals surface area contributed by atoms with E-state index in [9.17, 15) is 9.18 Å². The van der Waals surface area contributed by atoms with Gasteiger partial charge in [-0.25, -0.2) is 9.18 Å². The van der Waals surface area contributed by atoms with Crippen molar-refractivity contribution in [2.24, 2.45) is 0 Å². The lowest BCUT2D eigenvalue weighted by atomic mass is 10.2. The maximum Gasteiger partial charge on any atom is 0.319 e. The van der Waals surface area contributed by atoms with E-state index in [-0.39, 0.29) is 11.9 Å². The molecule has 0 unspecified atom stereocenters. The summed E-state index contributed by atoms with van der Waals surface area (Å²) < 4.78 is 19.4. The number of carbonyl (C=O) groups excluding carboxylic acids is 1. The quantitative estimate of drug-likeness (QED) is 0.832. The molecule has 0 spiro atoms. The molecule has 0 aliphatic rings. The maximum atomic E-state index is 14.2. The molecule has 25 heavy (non-hydrogen) atoms. The predicted octanol–water partition coefficient (Wildman–Crippen LogP) is 4.00. The Bertz CT molecular complexity index is 734. The van der Waals surface area contributed by atoms with Gasteiger partial charge >= 0.3 is 6.03 Å². The second kappa shape index (κ2) is 8.37. The molecule has 0 aromatic heterocycles. The van der Waals surface area contributed by atoms with Crippen molar-refractivity contribution in [3.8, 4) is 5.75 Å². The Morgan fingerprint density at radius 3 is 2.64 bits per heavy atom. The fourth-order valence-electron chi connectivity index (χ4n) is 2.29. The Morgan fingerprint density at radius 1 is 1.24 bits per heavy atom. The number of nitrogens with zero attached hydrogens (tertiary/aromatic N) is 1. The van der Waals surface area contributed by atoms with E-state index in [0.717, 1.165) is 11.3 Å². The Balaban J connectivity index is 1.95. The summed E-state index contributed by atoms with van der Waals surface area (Å²) in [6, 6.07) is 11.9. The number of methoxy groups -OCH3 is 1. The summed E-state index contributed by atoms with van der Waals surface area (Å²) in [5.41, 5.74) is 1.81. The first-order valence-electron chi connectivity index (χ1n) is 8.11. The highest BCUT2D eigenvalue weighted by atomic mass is 19.1. The number of nitrogens with one attached hydrogen (secondary N) is 2. The van der Waals surface area contributed by atoms with Crippen LogP contribution < -0.4 is 20.3 Å². The van der Waals surface area contributed by atoms with Gasteiger partial charge in [-0.3, -0.25) is 0 Å². The number of hydrogen-bond donors (Lipinski definition) is 2. The minimum Gasteiger partial charge on any atom is -0.497 e. The van der Waals surface area contributed by atoms with Crippen LogP contribution >= 0.6 is 0 Å². The number of carbonyl (C=O) groups is 1. The summed E-state index contributed by atoms with van der Waals surface area (Å²) in [6.07, 6.45) is 0. The van der Waals surface area contributed by atoms with Crippen LogP contribution in [-0.2, 0) is 6.54 Å². The lowest BCUT2D eigenvalue weighted by Gasteiger charge is -2.24. The van der Waals surface area contributed by atoms with Crippen LogP contribution in [-0.4, -0.2) is 26.2 Å². The van der Waals surface area contributed by atoms with Crippen LogP contribution in [0.1, 0.15) is 19.4 Å². The molecule has 0 aliphatic carbocycles. The number of benzene rings is 2. The molecule has 2 rings (SSSR count). The van der Waals surface area contributed by atoms with E-state index in [1.54, 1.807) is 19.2 Å². The van der Waals surface area contributed by atoms with Gasteiger partial charge in [0.1, 0.15) is 11.6 Å². The summed E-state index contributed by atoms with van der Waals surface area (Å²) in [4.78, 5) is 13.8. The smallest absolute Gasteiger partial charge is 0.319 e. The van der Waals surface area contributed by atoms with Gasteiger partial charge in [-0.2, -0.15) is 0 Å². The zero-order valence-electron chi connectivity index (χ0n) is 15.0. The second-order valence-corrected chi connectivity index (χ2v) is 6.03. The molecule has 0 heterocycles. The molecule has 0 bridgehead atoms. The van der Waals surface area contributed by atoms with Gasteiger partial charge in [-0.1, -0.05) is 12.1 Å². The summed E-state index contributed by atoms with van der Waals surface area (Å²) in [5, 5.41) is 5.37. The van der Waals surface area contributed by atoms with E-state index in [2.05, 4.69) is 10.6 Å². The number of urea groups is 1. The van der Waals surface area contributed by atoms with Crippen molar-refractivity contribution in [3.05, 3.63) is 53.8 Å². The third-order valence-electron chi connectivity index (χ3n) is 3.95. The summed E-state index contributed by atoms with van der Waals surface area (Å²) >= 11 is 0. The highest BCUT2D eigenvalue weighted by Gasteiger charge is 2.12. The minimum absolute atomic E-state index is 0.180. The van der Waals surface area contributed by atoms with Crippen LogP contribution in [0.3, 0.4) is 0 Å². The van der Waals surface area contributed by atoms with E-state index < -0.39 is 6.03 Å². The Kier molecular flexibility index (Phi) is 6.22. The molecule has 134 valence electrons. The average Bonchev–Trinajstić information content (AvgIpc) is 2.59. The SMILES string of the molecule is COc1cccc(CNC(=O)Nc2ccc(N(C)C(C)C)c(F)c2)c1. The van der Waals surface area contributed by atoms with E-state index in [0.29, 0.717) is 17.9 Å². The third kappa shape index (κ3) is 5.11. The summed E-state index contributed by atoms with van der Waals surface area (Å²) in [6.45, 7) is 4.31. The molecule has 2 aromatic carbocycles. The van der Waals surface area contributed by atoms with Crippen molar-refractivity contribution >= 4 is 17.4 Å². The second-order valence-electron chi connectivity index (χ2n) is 6.03. The number of amides is 2. The minimum atomic E-state index is -0.396. The normalized spacial score (nSPS) is 10.5. The van der Waals surface area contributed by atoms with Gasteiger partial charge < -0.3 is 20.3 Å². The van der Waals surface area contributed by atoms with E-state index >= 15 is 0 Å². The monoisotopic (exact) mass is 345 g/mol. The third-order valence-corrected chi connectivity index (χ3v) is 3.95. The van der Waals surface area contributed by atoms with Crippen molar-refractivity contribution in [1.29, 1.82) is 0 Å². The first-order valence-corrected chi connectivity index (χ1v) is 8.11. The Morgan fingerprint density at radius 2 is 2.00 bits per heavy atom. The largest absolute Gasteiger partial charge is 0.497 e. The van der Waals surface area contributed by atoms with Crippen LogP contribution in [0, 0.1) is 5.82 Å². The predicted molar refractivity (Wildman–Crippen MR) is 98.8 cm³/mol. The molecule has 2 aromatic rings. The lowest BCUT2D eigenvalue weighted by Crippen LogP contribution is -2.28. The van der Waals surface area contributed by atoms with Gasteiger partial charge in [0.25, 0.3) is 0 Å². The van der Waals surface area contributed by atoms with Crippen LogP contribution in [0.15, 0.2) is 42.5 Å². The number of rotatable bonds is 6. The molecule has 2 N–H and O–H groups in total. The first kappa shape index (κ1) is 18.6. The van der Waals surface area contributed by atoms with Crippen molar-refractivity contribution in [2.45, 2.75) is 26.4 Å². The van der Waals surface area contributed by atoms with Gasteiger partial charge in [0.15, 0.2) is 0 Å². The van der Waals surface area contributed by atoms with Crippen LogP contribution in [0.2, 0.25) is 0 Å². The van der Waals surface area contributed by atoms with Gasteiger partial charge in [0.05, 0.1) is 12.8 Å². The van der Waals surface area contributed by atoms with Crippen molar-refractivity contribution in [1.82, 2.24) is 5.32 Å². The van der Waals surface area contributed by atoms with E-state index in [1.807, 2.05) is 50.1 Å². The molecule has 5 nitrogen and oxygen atoms in total. The van der Waals surface area contributed by atoms with E-state index in [1.165, 1.54) is 6.07 Å². The van der Waals surface area contributed by atoms with Gasteiger partial charge in [-0.15, -0.1) is 0 Å². The maximum absolute atomic E-state index is 14.2. The molecule has 0 saturated heterocycles. The number of anilines is 2. The van der Waals surface area contributed by atoms with Gasteiger partial charge in [-0.05, 0) is 49.7 Å². The molecular weight excluding hydrogens is 321 g/mol. The fraction of sp³-hybridized carbons (Fsp3) is 0.316. The van der Waals surface area contributed by atoms with Crippen molar-refractivity contribution in [3.63, 3.8) is 0 Å². The molecule has 2 amide bonds. The van der Waals surface area contributed by atoms with Crippen LogP contribution in [0.5, 0.6) is 5.75 Å². The standard InChI is InChI=1S/C19H24FN3O2/c1-13(2)23(3)18-9-8-15(11-17(18)20)22-19(24)21-12-14-6-5-7-16(10-14)25-4/h5-11,13H,12H2,1-4H3,(H2,21,22,24). The summed E-state index contributed by atoms with van der Waals surface area (Å²) in [7, 11) is 3.42. The Hall–Kier alpha value is -2.76. The fourth-order valence-corrected chi connectivity index (χ4v) is 2.29. The highest BCUT2D eigenvalue weighted by molar-refractivity contribution is 5.89. The molecule has 0 aliphatic heterocycles. The molecule has 0 fully saturated rings. The van der Waals surface area contributed by atoms with E-state index in [4.69, 9.17) is 4.74 Å². The zero-order valence-corrected chi connectivity index (χ0v) is 15.0. The lowest BCUT2D eigenvalue weighted by molar-refractivity contribution is 0.251. The zero-order chi connectivity index (χ0) is 18.4. The number of hydrogen-bond acceptors (Lipinski definition) is 3. The molecular formula is C19H24FN3O2. The molecule has 0 radical (unpaired) electrons. The van der Waals surface area contributed by atoms with Crippen molar-refractivity contribution in [2.75, 3.05) is 24.4 Å². The molecule has 6 heteroatoms. The van der Waals surface area contributed by atoms with Crippen LogP contribution in [0.4, 0.5) is 20.6 Å². The number of halogens is 1. The van der Waals surface area contributed by atoms with Crippen molar-refractivity contribution < 1.29 is 13.9 Å². The van der Waals surface area contributed by atoms with Crippen LogP contribution in [0.25, 0.3) is 0 Å². The first-order chi connectivity index (χ1) is 11.9. The van der Waals surface area contributed by atoms with Gasteiger partial charge in [0.2, 0.25) is 0 Å².